The lowest BCUT2D eigenvalue weighted by Crippen LogP contribution is -2.26. The van der Waals surface area contributed by atoms with E-state index < -0.39 is 10.1 Å². The van der Waals surface area contributed by atoms with Gasteiger partial charge in [0.1, 0.15) is 22.8 Å². The summed E-state index contributed by atoms with van der Waals surface area (Å²) in [5.41, 5.74) is 10.4. The maximum atomic E-state index is 12.6. The lowest BCUT2D eigenvalue weighted by molar-refractivity contribution is 0.483. The first-order valence-electron chi connectivity index (χ1n) is 15.6. The third-order valence-electron chi connectivity index (χ3n) is 8.80. The minimum Gasteiger partial charge on any atom is -0.456 e. The van der Waals surface area contributed by atoms with Gasteiger partial charge in [0.25, 0.3) is 10.1 Å². The average Bonchev–Trinajstić information content (AvgIpc) is 3.02. The van der Waals surface area contributed by atoms with Gasteiger partial charge in [-0.1, -0.05) is 54.6 Å². The van der Waals surface area contributed by atoms with E-state index in [-0.39, 0.29) is 4.90 Å². The van der Waals surface area contributed by atoms with Crippen molar-refractivity contribution in [2.24, 2.45) is 0 Å². The van der Waals surface area contributed by atoms with Crippen LogP contribution in [0.1, 0.15) is 36.1 Å². The summed E-state index contributed by atoms with van der Waals surface area (Å²) in [4.78, 5) is 2.12. The van der Waals surface area contributed by atoms with Gasteiger partial charge in [0.15, 0.2) is 0 Å². The van der Waals surface area contributed by atoms with E-state index in [1.165, 1.54) is 28.3 Å². The van der Waals surface area contributed by atoms with E-state index in [1.807, 2.05) is 36.4 Å². The molecule has 1 N–H and O–H groups in total. The molecule has 4 aromatic carbocycles. The molecule has 1 heterocycles. The Hall–Kier alpha value is -4.72. The van der Waals surface area contributed by atoms with Crippen LogP contribution in [-0.2, 0) is 10.1 Å². The number of para-hydroxylation sites is 2. The number of nitrogens with zero attached hydrogens (tertiary/aromatic N) is 2. The summed E-state index contributed by atoms with van der Waals surface area (Å²) < 4.78 is 44.5. The van der Waals surface area contributed by atoms with Gasteiger partial charge in [-0.25, -0.2) is 0 Å². The SMILES string of the molecule is CCN(c1ccc2c(-c3ccccc3S(=O)(=O)O)c3cc/c(=[N+](/CC)c4c(C)cccc4C)cc-3oc2c1)c1c(C)cccc1C. The Kier molecular flexibility index (Phi) is 8.32. The van der Waals surface area contributed by atoms with Crippen LogP contribution in [0.25, 0.3) is 33.4 Å². The third kappa shape index (κ3) is 5.50. The van der Waals surface area contributed by atoms with Crippen molar-refractivity contribution in [1.82, 2.24) is 4.58 Å². The predicted octanol–water partition coefficient (Wildman–Crippen LogP) is 8.97. The molecule has 0 atom stereocenters. The highest BCUT2D eigenvalue weighted by Crippen LogP contribution is 2.43. The molecule has 0 saturated carbocycles. The van der Waals surface area contributed by atoms with Crippen molar-refractivity contribution < 1.29 is 17.4 Å². The maximum Gasteiger partial charge on any atom is 0.295 e. The number of benzene rings is 5. The summed E-state index contributed by atoms with van der Waals surface area (Å²) in [6.07, 6.45) is 0. The van der Waals surface area contributed by atoms with Gasteiger partial charge < -0.3 is 9.32 Å². The fourth-order valence-electron chi connectivity index (χ4n) is 6.79. The Bertz CT molecular complexity index is 2230. The minimum atomic E-state index is -4.51. The van der Waals surface area contributed by atoms with E-state index >= 15 is 0 Å². The zero-order chi connectivity index (χ0) is 32.7. The van der Waals surface area contributed by atoms with E-state index in [1.54, 1.807) is 18.2 Å². The van der Waals surface area contributed by atoms with Crippen LogP contribution in [0.3, 0.4) is 0 Å². The third-order valence-corrected chi connectivity index (χ3v) is 9.71. The first-order valence-corrected chi connectivity index (χ1v) is 17.1. The maximum absolute atomic E-state index is 12.6. The molecule has 7 heteroatoms. The second-order valence-corrected chi connectivity index (χ2v) is 13.2. The molecule has 46 heavy (non-hydrogen) atoms. The lowest BCUT2D eigenvalue weighted by atomic mass is 9.93. The zero-order valence-electron chi connectivity index (χ0n) is 27.1. The Labute approximate surface area is 271 Å². The van der Waals surface area contributed by atoms with Crippen molar-refractivity contribution in [1.29, 1.82) is 0 Å². The summed E-state index contributed by atoms with van der Waals surface area (Å²) in [7, 11) is -4.51. The van der Waals surface area contributed by atoms with Crippen LogP contribution in [0.4, 0.5) is 17.1 Å². The zero-order valence-corrected chi connectivity index (χ0v) is 27.9. The van der Waals surface area contributed by atoms with Gasteiger partial charge in [0.05, 0.1) is 6.07 Å². The molecule has 2 aliphatic rings. The second kappa shape index (κ2) is 12.2. The van der Waals surface area contributed by atoms with Gasteiger partial charge in [0.2, 0.25) is 11.0 Å². The number of rotatable bonds is 7. The molecule has 0 radical (unpaired) electrons. The molecule has 0 spiro atoms. The first kappa shape index (κ1) is 31.3. The number of aryl methyl sites for hydroxylation is 4. The predicted molar refractivity (Wildman–Crippen MR) is 188 cm³/mol. The Morgan fingerprint density at radius 1 is 0.739 bits per heavy atom. The molecule has 1 aliphatic heterocycles. The molecule has 4 aromatic rings. The molecular weight excluding hydrogens is 593 g/mol. The number of hydrogen-bond donors (Lipinski definition) is 1. The molecule has 0 saturated heterocycles. The van der Waals surface area contributed by atoms with Crippen LogP contribution in [0, 0.1) is 27.7 Å². The largest absolute Gasteiger partial charge is 0.456 e. The van der Waals surface area contributed by atoms with Crippen molar-refractivity contribution >= 4 is 38.1 Å². The first-order chi connectivity index (χ1) is 22.0. The molecule has 6 nitrogen and oxygen atoms in total. The summed E-state index contributed by atoms with van der Waals surface area (Å²) in [5.74, 6) is 0.613. The molecule has 6 rings (SSSR count). The standard InChI is InChI=1S/C39H38N2O4S/c1-7-40(38-25(3)13-11-14-26(38)4)29-19-21-31-34(23-29)45-35-24-30(41(8-2)39-27(5)15-12-16-28(39)6)20-22-32(35)37(31)33-17-9-10-18-36(33)46(42,43)44/h9-24H,7-8H2,1-6H3/p+1. The quantitative estimate of drug-likeness (QED) is 0.108. The number of hydrogen-bond acceptors (Lipinski definition) is 4. The van der Waals surface area contributed by atoms with E-state index in [9.17, 15) is 13.0 Å². The molecule has 1 aliphatic carbocycles. The van der Waals surface area contributed by atoms with Crippen molar-refractivity contribution in [2.75, 3.05) is 18.0 Å². The monoisotopic (exact) mass is 631 g/mol. The van der Waals surface area contributed by atoms with Crippen LogP contribution in [-0.4, -0.2) is 26.1 Å². The van der Waals surface area contributed by atoms with Gasteiger partial charge in [-0.05, 0) is 76.9 Å². The smallest absolute Gasteiger partial charge is 0.295 e. The van der Waals surface area contributed by atoms with Crippen LogP contribution in [0.15, 0.2) is 106 Å². The van der Waals surface area contributed by atoms with Crippen LogP contribution in [0.5, 0.6) is 0 Å². The minimum absolute atomic E-state index is 0.145. The van der Waals surface area contributed by atoms with Crippen molar-refractivity contribution in [3.63, 3.8) is 0 Å². The normalized spacial score (nSPS) is 12.5. The molecular formula is C39H39N2O4S+. The Morgan fingerprint density at radius 3 is 2.02 bits per heavy atom. The molecule has 0 amide bonds. The van der Waals surface area contributed by atoms with Gasteiger partial charge in [-0.15, -0.1) is 0 Å². The molecule has 0 aromatic heterocycles. The fraction of sp³-hybridized carbons (Fsp3) is 0.205. The van der Waals surface area contributed by atoms with Crippen molar-refractivity contribution in [2.45, 2.75) is 46.4 Å². The van der Waals surface area contributed by atoms with Crippen LogP contribution in [0.2, 0.25) is 0 Å². The van der Waals surface area contributed by atoms with Crippen molar-refractivity contribution in [3.8, 4) is 22.5 Å². The molecule has 0 bridgehead atoms. The number of anilines is 2. The fourth-order valence-corrected chi connectivity index (χ4v) is 7.49. The highest BCUT2D eigenvalue weighted by atomic mass is 32.2. The van der Waals surface area contributed by atoms with Gasteiger partial charge in [0, 0.05) is 63.3 Å². The van der Waals surface area contributed by atoms with E-state index in [4.69, 9.17) is 4.42 Å². The van der Waals surface area contributed by atoms with E-state index in [2.05, 4.69) is 87.4 Å². The topological polar surface area (TPSA) is 73.8 Å². The van der Waals surface area contributed by atoms with Crippen LogP contribution >= 0.6 is 0 Å². The second-order valence-electron chi connectivity index (χ2n) is 11.8. The van der Waals surface area contributed by atoms with Crippen molar-refractivity contribution in [3.05, 3.63) is 125 Å². The number of fused-ring (bicyclic) bond motifs is 2. The molecule has 234 valence electrons. The molecule has 0 unspecified atom stereocenters. The summed E-state index contributed by atoms with van der Waals surface area (Å²) >= 11 is 0. The highest BCUT2D eigenvalue weighted by molar-refractivity contribution is 7.86. The Morgan fingerprint density at radius 2 is 1.39 bits per heavy atom. The Balaban J connectivity index is 1.71. The van der Waals surface area contributed by atoms with E-state index in [0.29, 0.717) is 22.5 Å². The summed E-state index contributed by atoms with van der Waals surface area (Å²) in [6.45, 7) is 14.2. The molecule has 0 fully saturated rings. The van der Waals surface area contributed by atoms with Gasteiger partial charge in [-0.2, -0.15) is 13.0 Å². The van der Waals surface area contributed by atoms with E-state index in [0.717, 1.165) is 46.5 Å². The average molecular weight is 632 g/mol. The summed E-state index contributed by atoms with van der Waals surface area (Å²) in [5, 5.41) is 1.71. The summed E-state index contributed by atoms with van der Waals surface area (Å²) in [6, 6.07) is 31.3. The highest BCUT2D eigenvalue weighted by Gasteiger charge is 2.25. The van der Waals surface area contributed by atoms with Crippen LogP contribution < -0.4 is 14.8 Å². The van der Waals surface area contributed by atoms with Gasteiger partial charge >= 0.3 is 0 Å². The lowest BCUT2D eigenvalue weighted by Gasteiger charge is -2.27. The van der Waals surface area contributed by atoms with Gasteiger partial charge in [-0.3, -0.25) is 4.55 Å².